The van der Waals surface area contributed by atoms with Crippen LogP contribution >= 0.6 is 23.7 Å². The first-order valence-corrected chi connectivity index (χ1v) is 10.5. The van der Waals surface area contributed by atoms with Gasteiger partial charge in [-0.25, -0.2) is 0 Å². The van der Waals surface area contributed by atoms with Crippen molar-refractivity contribution in [3.8, 4) is 0 Å². The second-order valence-corrected chi connectivity index (χ2v) is 8.65. The number of nitrogens with zero attached hydrogens (tertiary/aromatic N) is 1. The molecule has 0 radical (unpaired) electrons. The molecule has 150 valence electrons. The molecule has 2 saturated heterocycles. The van der Waals surface area contributed by atoms with Gasteiger partial charge in [0.2, 0.25) is 5.91 Å². The van der Waals surface area contributed by atoms with Gasteiger partial charge in [-0.05, 0) is 49.8 Å². The number of nitrogens with one attached hydrogen (secondary N) is 2. The molecule has 0 saturated carbocycles. The maximum atomic E-state index is 12.9. The SMILES string of the molecule is Cl.O=C(NCC1CCCN(C(=O)c2cc3c(s2)CCOC3)C1)C1CCCN1. The van der Waals surface area contributed by atoms with Gasteiger partial charge in [-0.2, -0.15) is 0 Å². The summed E-state index contributed by atoms with van der Waals surface area (Å²) in [4.78, 5) is 29.2. The molecule has 2 atom stereocenters. The molecule has 27 heavy (non-hydrogen) atoms. The predicted molar refractivity (Wildman–Crippen MR) is 108 cm³/mol. The summed E-state index contributed by atoms with van der Waals surface area (Å²) in [6, 6.07) is 1.98. The summed E-state index contributed by atoms with van der Waals surface area (Å²) in [6.45, 7) is 4.52. The number of likely N-dealkylation sites (tertiary alicyclic amines) is 1. The van der Waals surface area contributed by atoms with Gasteiger partial charge in [0, 0.05) is 30.9 Å². The van der Waals surface area contributed by atoms with Crippen molar-refractivity contribution >= 4 is 35.6 Å². The molecular formula is C19H28ClN3O3S. The highest BCUT2D eigenvalue weighted by molar-refractivity contribution is 7.14. The van der Waals surface area contributed by atoms with E-state index in [0.717, 1.165) is 63.2 Å². The first-order chi connectivity index (χ1) is 12.7. The molecule has 2 unspecified atom stereocenters. The minimum atomic E-state index is -0.0315. The fourth-order valence-electron chi connectivity index (χ4n) is 4.10. The van der Waals surface area contributed by atoms with E-state index in [9.17, 15) is 9.59 Å². The van der Waals surface area contributed by atoms with E-state index in [-0.39, 0.29) is 30.3 Å². The third kappa shape index (κ3) is 4.83. The Labute approximate surface area is 170 Å². The van der Waals surface area contributed by atoms with Gasteiger partial charge in [0.15, 0.2) is 0 Å². The number of fused-ring (bicyclic) bond motifs is 1. The monoisotopic (exact) mass is 413 g/mol. The number of carbonyl (C=O) groups excluding carboxylic acids is 2. The average molecular weight is 414 g/mol. The Morgan fingerprint density at radius 1 is 1.33 bits per heavy atom. The standard InChI is InChI=1S/C19H27N3O3S.ClH/c23-18(15-4-1-6-20-15)21-10-13-3-2-7-22(11-13)19(24)17-9-14-12-25-8-5-16(14)26-17;/h9,13,15,20H,1-8,10-12H2,(H,21,23);1H. The number of thiophene rings is 1. The van der Waals surface area contributed by atoms with Gasteiger partial charge in [-0.15, -0.1) is 23.7 Å². The molecule has 2 fully saturated rings. The lowest BCUT2D eigenvalue weighted by molar-refractivity contribution is -0.123. The summed E-state index contributed by atoms with van der Waals surface area (Å²) >= 11 is 1.62. The predicted octanol–water partition coefficient (Wildman–Crippen LogP) is 1.96. The van der Waals surface area contributed by atoms with Crippen LogP contribution in [0.1, 0.15) is 45.8 Å². The van der Waals surface area contributed by atoms with E-state index in [1.165, 1.54) is 10.4 Å². The molecule has 8 heteroatoms. The first kappa shape index (κ1) is 20.6. The molecule has 2 N–H and O–H groups in total. The van der Waals surface area contributed by atoms with Crippen LogP contribution in [0.4, 0.5) is 0 Å². The number of ether oxygens (including phenoxy) is 1. The summed E-state index contributed by atoms with van der Waals surface area (Å²) in [5.74, 6) is 0.589. The smallest absolute Gasteiger partial charge is 0.263 e. The molecule has 0 aromatic carbocycles. The van der Waals surface area contributed by atoms with Gasteiger partial charge in [-0.3, -0.25) is 9.59 Å². The number of piperidine rings is 1. The fraction of sp³-hybridized carbons (Fsp3) is 0.684. The minimum Gasteiger partial charge on any atom is -0.376 e. The minimum absolute atomic E-state index is 0. The number of rotatable bonds is 4. The maximum Gasteiger partial charge on any atom is 0.263 e. The van der Waals surface area contributed by atoms with E-state index in [0.29, 0.717) is 19.1 Å². The van der Waals surface area contributed by atoms with Crippen molar-refractivity contribution in [1.29, 1.82) is 0 Å². The van der Waals surface area contributed by atoms with E-state index in [4.69, 9.17) is 4.74 Å². The highest BCUT2D eigenvalue weighted by Gasteiger charge is 2.28. The molecule has 0 bridgehead atoms. The zero-order valence-corrected chi connectivity index (χ0v) is 17.1. The second-order valence-electron chi connectivity index (χ2n) is 7.52. The largest absolute Gasteiger partial charge is 0.376 e. The molecule has 2 amide bonds. The summed E-state index contributed by atoms with van der Waals surface area (Å²) < 4.78 is 5.48. The molecular weight excluding hydrogens is 386 g/mol. The Bertz CT molecular complexity index is 652. The Hall–Kier alpha value is -1.15. The number of amides is 2. The van der Waals surface area contributed by atoms with E-state index in [1.54, 1.807) is 11.3 Å². The van der Waals surface area contributed by atoms with Gasteiger partial charge in [0.05, 0.1) is 24.1 Å². The average Bonchev–Trinajstić information content (AvgIpc) is 3.35. The molecule has 6 nitrogen and oxygen atoms in total. The topological polar surface area (TPSA) is 70.7 Å². The molecule has 0 spiro atoms. The third-order valence-corrected chi connectivity index (χ3v) is 6.81. The third-order valence-electron chi connectivity index (χ3n) is 5.59. The van der Waals surface area contributed by atoms with E-state index in [1.807, 2.05) is 11.0 Å². The fourth-order valence-corrected chi connectivity index (χ4v) is 5.22. The number of hydrogen-bond donors (Lipinski definition) is 2. The Morgan fingerprint density at radius 3 is 3.00 bits per heavy atom. The lowest BCUT2D eigenvalue weighted by atomic mass is 9.97. The van der Waals surface area contributed by atoms with Gasteiger partial charge in [0.25, 0.3) is 5.91 Å². The number of carbonyl (C=O) groups is 2. The molecule has 3 aliphatic rings. The molecule has 3 aliphatic heterocycles. The quantitative estimate of drug-likeness (QED) is 0.791. The van der Waals surface area contributed by atoms with E-state index < -0.39 is 0 Å². The van der Waals surface area contributed by atoms with Gasteiger partial charge in [0.1, 0.15) is 0 Å². The van der Waals surface area contributed by atoms with Crippen LogP contribution in [0.15, 0.2) is 6.07 Å². The molecule has 0 aliphatic carbocycles. The van der Waals surface area contributed by atoms with Crippen molar-refractivity contribution < 1.29 is 14.3 Å². The zero-order chi connectivity index (χ0) is 17.9. The van der Waals surface area contributed by atoms with Crippen LogP contribution in [-0.4, -0.2) is 55.5 Å². The lowest BCUT2D eigenvalue weighted by Gasteiger charge is -2.32. The van der Waals surface area contributed by atoms with Crippen LogP contribution in [0.2, 0.25) is 0 Å². The molecule has 1 aromatic rings. The van der Waals surface area contributed by atoms with Crippen LogP contribution < -0.4 is 10.6 Å². The summed E-state index contributed by atoms with van der Waals surface area (Å²) in [6.07, 6.45) is 4.98. The van der Waals surface area contributed by atoms with Gasteiger partial charge < -0.3 is 20.3 Å². The maximum absolute atomic E-state index is 12.9. The summed E-state index contributed by atoms with van der Waals surface area (Å²) in [5.41, 5.74) is 1.18. The van der Waals surface area contributed by atoms with Crippen LogP contribution in [0, 0.1) is 5.92 Å². The first-order valence-electron chi connectivity index (χ1n) is 9.70. The van der Waals surface area contributed by atoms with Crippen molar-refractivity contribution in [2.24, 2.45) is 5.92 Å². The molecule has 4 heterocycles. The zero-order valence-electron chi connectivity index (χ0n) is 15.5. The molecule has 4 rings (SSSR count). The van der Waals surface area contributed by atoms with Gasteiger partial charge >= 0.3 is 0 Å². The number of halogens is 1. The van der Waals surface area contributed by atoms with Crippen molar-refractivity contribution in [1.82, 2.24) is 15.5 Å². The molecule has 1 aromatic heterocycles. The second kappa shape index (κ2) is 9.37. The van der Waals surface area contributed by atoms with Crippen LogP contribution in [-0.2, 0) is 22.6 Å². The van der Waals surface area contributed by atoms with Crippen molar-refractivity contribution in [3.05, 3.63) is 21.4 Å². The van der Waals surface area contributed by atoms with Crippen molar-refractivity contribution in [2.45, 2.75) is 44.8 Å². The Balaban J connectivity index is 0.00000210. The van der Waals surface area contributed by atoms with E-state index >= 15 is 0 Å². The van der Waals surface area contributed by atoms with Gasteiger partial charge in [-0.1, -0.05) is 0 Å². The normalized spacial score (nSPS) is 24.8. The highest BCUT2D eigenvalue weighted by Crippen LogP contribution is 2.29. The van der Waals surface area contributed by atoms with Crippen LogP contribution in [0.3, 0.4) is 0 Å². The Morgan fingerprint density at radius 2 is 2.22 bits per heavy atom. The number of hydrogen-bond acceptors (Lipinski definition) is 5. The van der Waals surface area contributed by atoms with Crippen molar-refractivity contribution in [2.75, 3.05) is 32.8 Å². The highest BCUT2D eigenvalue weighted by atomic mass is 35.5. The van der Waals surface area contributed by atoms with Crippen LogP contribution in [0.5, 0.6) is 0 Å². The summed E-state index contributed by atoms with van der Waals surface area (Å²) in [7, 11) is 0. The van der Waals surface area contributed by atoms with Crippen LogP contribution in [0.25, 0.3) is 0 Å². The lowest BCUT2D eigenvalue weighted by Crippen LogP contribution is -2.46. The van der Waals surface area contributed by atoms with Crippen molar-refractivity contribution in [3.63, 3.8) is 0 Å². The van der Waals surface area contributed by atoms with E-state index in [2.05, 4.69) is 10.6 Å². The Kier molecular flexibility index (Phi) is 7.14. The summed E-state index contributed by atoms with van der Waals surface area (Å²) in [5, 5.41) is 6.31.